The highest BCUT2D eigenvalue weighted by Gasteiger charge is 2.36. The van der Waals surface area contributed by atoms with E-state index in [9.17, 15) is 9.59 Å². The quantitative estimate of drug-likeness (QED) is 0.905. The molecule has 2 rings (SSSR count). The van der Waals surface area contributed by atoms with Gasteiger partial charge in [0.1, 0.15) is 12.6 Å². The van der Waals surface area contributed by atoms with Crippen LogP contribution in [0.3, 0.4) is 0 Å². The van der Waals surface area contributed by atoms with E-state index in [1.165, 1.54) is 0 Å². The van der Waals surface area contributed by atoms with Crippen LogP contribution in [0, 0.1) is 5.92 Å². The van der Waals surface area contributed by atoms with E-state index in [1.807, 2.05) is 39.0 Å². The molecule has 1 N–H and O–H groups in total. The zero-order chi connectivity index (χ0) is 15.6. The van der Waals surface area contributed by atoms with Gasteiger partial charge in [-0.3, -0.25) is 9.59 Å². The fraction of sp³-hybridized carbons (Fsp3) is 0.500. The number of carbonyl (C=O) groups excluding carboxylic acids is 2. The molecule has 1 heterocycles. The molecular weight excluding hydrogens is 332 g/mol. The summed E-state index contributed by atoms with van der Waals surface area (Å²) in [5.74, 6) is 0.0237. The van der Waals surface area contributed by atoms with Crippen LogP contribution in [0.25, 0.3) is 0 Å². The number of halogens is 1. The lowest BCUT2D eigenvalue weighted by atomic mass is 9.95. The molecule has 114 valence electrons. The SMILES string of the molecule is CCc1cc(Br)ccc1N1CC(=O)NC(C(C)CC)C1=O. The third-order valence-electron chi connectivity index (χ3n) is 4.08. The maximum absolute atomic E-state index is 12.7. The fourth-order valence-electron chi connectivity index (χ4n) is 2.60. The van der Waals surface area contributed by atoms with Gasteiger partial charge in [0.15, 0.2) is 0 Å². The molecule has 1 aromatic carbocycles. The second-order valence-corrected chi connectivity index (χ2v) is 6.40. The minimum absolute atomic E-state index is 0.0130. The van der Waals surface area contributed by atoms with E-state index < -0.39 is 6.04 Å². The molecule has 2 atom stereocenters. The van der Waals surface area contributed by atoms with Crippen molar-refractivity contribution in [2.24, 2.45) is 5.92 Å². The van der Waals surface area contributed by atoms with Gasteiger partial charge in [0.25, 0.3) is 0 Å². The number of rotatable bonds is 4. The number of nitrogens with one attached hydrogen (secondary N) is 1. The number of nitrogens with zero attached hydrogens (tertiary/aromatic N) is 1. The Kier molecular flexibility index (Phi) is 5.04. The van der Waals surface area contributed by atoms with Crippen molar-refractivity contribution < 1.29 is 9.59 Å². The molecule has 0 aliphatic carbocycles. The molecule has 4 nitrogen and oxygen atoms in total. The summed E-state index contributed by atoms with van der Waals surface area (Å²) < 4.78 is 0.982. The minimum atomic E-state index is -0.426. The second kappa shape index (κ2) is 6.60. The third-order valence-corrected chi connectivity index (χ3v) is 4.57. The molecular formula is C16H21BrN2O2. The molecule has 5 heteroatoms. The van der Waals surface area contributed by atoms with E-state index in [0.717, 1.165) is 28.6 Å². The van der Waals surface area contributed by atoms with Crippen molar-refractivity contribution >= 4 is 33.4 Å². The van der Waals surface area contributed by atoms with E-state index in [4.69, 9.17) is 0 Å². The van der Waals surface area contributed by atoms with Gasteiger partial charge in [-0.2, -0.15) is 0 Å². The molecule has 1 aliphatic rings. The van der Waals surface area contributed by atoms with E-state index >= 15 is 0 Å². The molecule has 0 aromatic heterocycles. The molecule has 0 radical (unpaired) electrons. The van der Waals surface area contributed by atoms with Gasteiger partial charge < -0.3 is 10.2 Å². The summed E-state index contributed by atoms with van der Waals surface area (Å²) in [6, 6.07) is 5.40. The number of anilines is 1. The van der Waals surface area contributed by atoms with Gasteiger partial charge >= 0.3 is 0 Å². The summed E-state index contributed by atoms with van der Waals surface area (Å²) >= 11 is 3.45. The molecule has 1 aliphatic heterocycles. The van der Waals surface area contributed by atoms with Crippen LogP contribution < -0.4 is 10.2 Å². The molecule has 2 amide bonds. The summed E-state index contributed by atoms with van der Waals surface area (Å²) in [4.78, 5) is 26.3. The van der Waals surface area contributed by atoms with Crippen LogP contribution in [0.2, 0.25) is 0 Å². The number of benzene rings is 1. The highest BCUT2D eigenvalue weighted by atomic mass is 79.9. The zero-order valence-electron chi connectivity index (χ0n) is 12.6. The first-order valence-electron chi connectivity index (χ1n) is 7.37. The summed E-state index contributed by atoms with van der Waals surface area (Å²) in [5.41, 5.74) is 1.91. The number of carbonyl (C=O) groups is 2. The van der Waals surface area contributed by atoms with Crippen LogP contribution in [0.4, 0.5) is 5.69 Å². The molecule has 2 unspecified atom stereocenters. The Bertz CT molecular complexity index is 559. The van der Waals surface area contributed by atoms with Crippen molar-refractivity contribution in [3.8, 4) is 0 Å². The van der Waals surface area contributed by atoms with Crippen LogP contribution in [-0.2, 0) is 16.0 Å². The van der Waals surface area contributed by atoms with Crippen molar-refractivity contribution in [3.05, 3.63) is 28.2 Å². The molecule has 21 heavy (non-hydrogen) atoms. The number of hydrogen-bond donors (Lipinski definition) is 1. The van der Waals surface area contributed by atoms with Crippen LogP contribution in [0.15, 0.2) is 22.7 Å². The highest BCUT2D eigenvalue weighted by molar-refractivity contribution is 9.10. The molecule has 0 spiro atoms. The summed E-state index contributed by atoms with van der Waals surface area (Å²) in [5, 5.41) is 2.83. The Hall–Kier alpha value is -1.36. The van der Waals surface area contributed by atoms with Crippen LogP contribution in [0.5, 0.6) is 0 Å². The van der Waals surface area contributed by atoms with Gasteiger partial charge in [-0.25, -0.2) is 0 Å². The van der Waals surface area contributed by atoms with Crippen molar-refractivity contribution in [3.63, 3.8) is 0 Å². The highest BCUT2D eigenvalue weighted by Crippen LogP contribution is 2.28. The Labute approximate surface area is 134 Å². The standard InChI is InChI=1S/C16H21BrN2O2/c1-4-10(3)15-16(21)19(9-14(20)18-15)13-7-6-12(17)8-11(13)5-2/h6-8,10,15H,4-5,9H2,1-3H3,(H,18,20). The predicted octanol–water partition coefficient (Wildman–Crippen LogP) is 2.89. The van der Waals surface area contributed by atoms with Crippen molar-refractivity contribution in [1.82, 2.24) is 5.32 Å². The first-order valence-corrected chi connectivity index (χ1v) is 8.16. The lowest BCUT2D eigenvalue weighted by molar-refractivity contribution is -0.132. The van der Waals surface area contributed by atoms with E-state index in [2.05, 4.69) is 21.2 Å². The summed E-state index contributed by atoms with van der Waals surface area (Å²) in [6.45, 7) is 6.17. The normalized spacial score (nSPS) is 20.4. The Morgan fingerprint density at radius 3 is 2.71 bits per heavy atom. The first-order chi connectivity index (χ1) is 9.97. The smallest absolute Gasteiger partial charge is 0.250 e. The maximum Gasteiger partial charge on any atom is 0.250 e. The maximum atomic E-state index is 12.7. The van der Waals surface area contributed by atoms with Crippen LogP contribution in [0.1, 0.15) is 32.8 Å². The zero-order valence-corrected chi connectivity index (χ0v) is 14.2. The predicted molar refractivity (Wildman–Crippen MR) is 87.3 cm³/mol. The van der Waals surface area contributed by atoms with Crippen molar-refractivity contribution in [1.29, 1.82) is 0 Å². The third kappa shape index (κ3) is 3.28. The van der Waals surface area contributed by atoms with Crippen LogP contribution in [-0.4, -0.2) is 24.4 Å². The molecule has 1 aromatic rings. The Balaban J connectivity index is 2.38. The van der Waals surface area contributed by atoms with Crippen molar-refractivity contribution in [2.45, 2.75) is 39.7 Å². The van der Waals surface area contributed by atoms with E-state index in [1.54, 1.807) is 4.90 Å². The second-order valence-electron chi connectivity index (χ2n) is 5.48. The topological polar surface area (TPSA) is 49.4 Å². The Morgan fingerprint density at radius 2 is 2.10 bits per heavy atom. The van der Waals surface area contributed by atoms with Gasteiger partial charge in [-0.15, -0.1) is 0 Å². The van der Waals surface area contributed by atoms with Crippen LogP contribution >= 0.6 is 15.9 Å². The number of amides is 2. The molecule has 0 saturated carbocycles. The molecule has 1 saturated heterocycles. The average molecular weight is 353 g/mol. The molecule has 0 bridgehead atoms. The monoisotopic (exact) mass is 352 g/mol. The van der Waals surface area contributed by atoms with Gasteiger partial charge in [0.05, 0.1) is 0 Å². The molecule has 1 fully saturated rings. The number of piperazine rings is 1. The lowest BCUT2D eigenvalue weighted by Crippen LogP contribution is -2.60. The largest absolute Gasteiger partial charge is 0.342 e. The van der Waals surface area contributed by atoms with Gasteiger partial charge in [-0.1, -0.05) is 43.1 Å². The average Bonchev–Trinajstić information content (AvgIpc) is 2.48. The van der Waals surface area contributed by atoms with Gasteiger partial charge in [0.2, 0.25) is 11.8 Å². The summed E-state index contributed by atoms with van der Waals surface area (Å²) in [7, 11) is 0. The summed E-state index contributed by atoms with van der Waals surface area (Å²) in [6.07, 6.45) is 1.67. The van der Waals surface area contributed by atoms with Crippen molar-refractivity contribution in [2.75, 3.05) is 11.4 Å². The van der Waals surface area contributed by atoms with E-state index in [-0.39, 0.29) is 24.3 Å². The lowest BCUT2D eigenvalue weighted by Gasteiger charge is -2.36. The van der Waals surface area contributed by atoms with Gasteiger partial charge in [-0.05, 0) is 36.1 Å². The number of hydrogen-bond acceptors (Lipinski definition) is 2. The minimum Gasteiger partial charge on any atom is -0.342 e. The fourth-order valence-corrected chi connectivity index (χ4v) is 3.00. The number of aryl methyl sites for hydroxylation is 1. The Morgan fingerprint density at radius 1 is 1.38 bits per heavy atom. The van der Waals surface area contributed by atoms with E-state index in [0.29, 0.717) is 0 Å². The van der Waals surface area contributed by atoms with Gasteiger partial charge in [0, 0.05) is 10.2 Å². The first kappa shape index (κ1) is 16.0.